The lowest BCUT2D eigenvalue weighted by atomic mass is 10.1. The maximum Gasteiger partial charge on any atom is 0.254 e. The summed E-state index contributed by atoms with van der Waals surface area (Å²) in [5, 5.41) is 2.02. The van der Waals surface area contributed by atoms with Crippen LogP contribution in [0.2, 0.25) is 0 Å². The molecular weight excluding hydrogens is 274 g/mol. The minimum atomic E-state index is -0.0239. The molecule has 3 rings (SSSR count). The van der Waals surface area contributed by atoms with Gasteiger partial charge >= 0.3 is 0 Å². The molecule has 0 radical (unpaired) electrons. The lowest BCUT2D eigenvalue weighted by molar-refractivity contribution is 0.0744. The Hall–Kier alpha value is -2.01. The van der Waals surface area contributed by atoms with Gasteiger partial charge < -0.3 is 14.4 Å². The average molecular weight is 289 g/mol. The molecule has 1 unspecified atom stereocenters. The molecule has 4 nitrogen and oxygen atoms in total. The van der Waals surface area contributed by atoms with E-state index in [4.69, 9.17) is 9.47 Å². The standard InChI is InChI=1S/C15H15NO3S/c1-10(14-4-3-7-20-14)16(2)15(17)11-5-6-12-13(8-11)19-9-18-12/h3-8,10H,9H2,1-2H3. The van der Waals surface area contributed by atoms with Crippen LogP contribution in [0.1, 0.15) is 28.2 Å². The first kappa shape index (κ1) is 13.0. The highest BCUT2D eigenvalue weighted by atomic mass is 32.1. The Morgan fingerprint density at radius 2 is 2.10 bits per heavy atom. The average Bonchev–Trinajstić information content (AvgIpc) is 3.14. The molecule has 1 aliphatic rings. The van der Waals surface area contributed by atoms with Crippen LogP contribution in [0.3, 0.4) is 0 Å². The predicted octanol–water partition coefficient (Wildman–Crippen LogP) is 3.31. The fourth-order valence-electron chi connectivity index (χ4n) is 2.13. The zero-order valence-corrected chi connectivity index (χ0v) is 12.1. The third kappa shape index (κ3) is 2.25. The molecule has 1 amide bonds. The lowest BCUT2D eigenvalue weighted by Crippen LogP contribution is -2.29. The molecule has 104 valence electrons. The van der Waals surface area contributed by atoms with E-state index in [-0.39, 0.29) is 18.7 Å². The molecule has 1 aromatic carbocycles. The first-order valence-electron chi connectivity index (χ1n) is 6.37. The summed E-state index contributed by atoms with van der Waals surface area (Å²) in [7, 11) is 1.82. The fraction of sp³-hybridized carbons (Fsp3) is 0.267. The number of nitrogens with zero attached hydrogens (tertiary/aromatic N) is 1. The van der Waals surface area contributed by atoms with Gasteiger partial charge in [-0.15, -0.1) is 11.3 Å². The van der Waals surface area contributed by atoms with Crippen molar-refractivity contribution in [3.8, 4) is 11.5 Å². The second-order valence-corrected chi connectivity index (χ2v) is 5.65. The number of hydrogen-bond acceptors (Lipinski definition) is 4. The third-order valence-corrected chi connectivity index (χ3v) is 4.52. The molecule has 20 heavy (non-hydrogen) atoms. The molecule has 0 fully saturated rings. The maximum absolute atomic E-state index is 12.5. The first-order chi connectivity index (χ1) is 9.66. The number of thiophene rings is 1. The second kappa shape index (κ2) is 5.17. The van der Waals surface area contributed by atoms with Crippen LogP contribution >= 0.6 is 11.3 Å². The van der Waals surface area contributed by atoms with Crippen LogP contribution in [0, 0.1) is 0 Å². The van der Waals surface area contributed by atoms with Gasteiger partial charge in [-0.05, 0) is 36.6 Å². The van der Waals surface area contributed by atoms with Gasteiger partial charge in [0.25, 0.3) is 5.91 Å². The highest BCUT2D eigenvalue weighted by molar-refractivity contribution is 7.10. The van der Waals surface area contributed by atoms with Crippen molar-refractivity contribution in [2.24, 2.45) is 0 Å². The summed E-state index contributed by atoms with van der Waals surface area (Å²) in [6.45, 7) is 2.24. The van der Waals surface area contributed by atoms with Crippen LogP contribution in [-0.4, -0.2) is 24.6 Å². The van der Waals surface area contributed by atoms with Crippen molar-refractivity contribution >= 4 is 17.2 Å². The summed E-state index contributed by atoms with van der Waals surface area (Å²) in [6.07, 6.45) is 0. The Balaban J connectivity index is 1.81. The van der Waals surface area contributed by atoms with Gasteiger partial charge in [-0.3, -0.25) is 4.79 Å². The number of rotatable bonds is 3. The predicted molar refractivity (Wildman–Crippen MR) is 77.4 cm³/mol. The SMILES string of the molecule is CC(c1cccs1)N(C)C(=O)c1ccc2c(c1)OCO2. The Kier molecular flexibility index (Phi) is 3.36. The van der Waals surface area contributed by atoms with Gasteiger partial charge in [-0.1, -0.05) is 6.07 Å². The normalized spacial score (nSPS) is 14.1. The van der Waals surface area contributed by atoms with Crippen LogP contribution in [-0.2, 0) is 0 Å². The van der Waals surface area contributed by atoms with Crippen molar-refractivity contribution in [3.63, 3.8) is 0 Å². The molecule has 2 aromatic rings. The second-order valence-electron chi connectivity index (χ2n) is 4.68. The van der Waals surface area contributed by atoms with E-state index in [9.17, 15) is 4.79 Å². The van der Waals surface area contributed by atoms with Gasteiger partial charge in [0.05, 0.1) is 6.04 Å². The topological polar surface area (TPSA) is 38.8 Å². The number of fused-ring (bicyclic) bond motifs is 1. The van der Waals surface area contributed by atoms with E-state index < -0.39 is 0 Å². The molecule has 1 atom stereocenters. The Morgan fingerprint density at radius 1 is 1.30 bits per heavy atom. The number of ether oxygens (including phenoxy) is 2. The zero-order valence-electron chi connectivity index (χ0n) is 11.3. The van der Waals surface area contributed by atoms with Gasteiger partial charge in [-0.2, -0.15) is 0 Å². The highest BCUT2D eigenvalue weighted by Crippen LogP contribution is 2.33. The smallest absolute Gasteiger partial charge is 0.254 e. The van der Waals surface area contributed by atoms with E-state index in [1.165, 1.54) is 4.88 Å². The largest absolute Gasteiger partial charge is 0.454 e. The van der Waals surface area contributed by atoms with E-state index in [1.54, 1.807) is 34.4 Å². The van der Waals surface area contributed by atoms with Crippen molar-refractivity contribution in [1.29, 1.82) is 0 Å². The number of hydrogen-bond donors (Lipinski definition) is 0. The van der Waals surface area contributed by atoms with Gasteiger partial charge in [0.1, 0.15) is 0 Å². The van der Waals surface area contributed by atoms with Crippen LogP contribution in [0.4, 0.5) is 0 Å². The highest BCUT2D eigenvalue weighted by Gasteiger charge is 2.22. The van der Waals surface area contributed by atoms with Crippen LogP contribution < -0.4 is 9.47 Å². The molecule has 0 saturated carbocycles. The molecular formula is C15H15NO3S. The lowest BCUT2D eigenvalue weighted by Gasteiger charge is -2.24. The van der Waals surface area contributed by atoms with Crippen molar-refractivity contribution in [2.75, 3.05) is 13.8 Å². The minimum Gasteiger partial charge on any atom is -0.454 e. The molecule has 0 saturated heterocycles. The monoisotopic (exact) mass is 289 g/mol. The minimum absolute atomic E-state index is 0.0239. The number of amides is 1. The summed E-state index contributed by atoms with van der Waals surface area (Å²) < 4.78 is 10.6. The van der Waals surface area contributed by atoms with E-state index >= 15 is 0 Å². The van der Waals surface area contributed by atoms with E-state index in [1.807, 2.05) is 31.5 Å². The summed E-state index contributed by atoms with van der Waals surface area (Å²) in [5.74, 6) is 1.30. The van der Waals surface area contributed by atoms with E-state index in [2.05, 4.69) is 0 Å². The molecule has 5 heteroatoms. The summed E-state index contributed by atoms with van der Waals surface area (Å²) in [5.41, 5.74) is 0.611. The zero-order chi connectivity index (χ0) is 14.1. The molecule has 1 aliphatic heterocycles. The molecule has 2 heterocycles. The van der Waals surface area contributed by atoms with Gasteiger partial charge in [-0.25, -0.2) is 0 Å². The van der Waals surface area contributed by atoms with E-state index in [0.29, 0.717) is 17.1 Å². The van der Waals surface area contributed by atoms with Crippen molar-refractivity contribution in [3.05, 3.63) is 46.2 Å². The molecule has 0 N–H and O–H groups in total. The van der Waals surface area contributed by atoms with Gasteiger partial charge in [0.2, 0.25) is 6.79 Å². The van der Waals surface area contributed by atoms with Gasteiger partial charge in [0, 0.05) is 17.5 Å². The van der Waals surface area contributed by atoms with E-state index in [0.717, 1.165) is 0 Å². The first-order valence-corrected chi connectivity index (χ1v) is 7.25. The Bertz CT molecular complexity index is 624. The maximum atomic E-state index is 12.5. The van der Waals surface area contributed by atoms with Crippen molar-refractivity contribution in [2.45, 2.75) is 13.0 Å². The number of carbonyl (C=O) groups is 1. The van der Waals surface area contributed by atoms with Crippen molar-refractivity contribution in [1.82, 2.24) is 4.90 Å². The van der Waals surface area contributed by atoms with Crippen LogP contribution in [0.5, 0.6) is 11.5 Å². The third-order valence-electron chi connectivity index (χ3n) is 3.48. The molecule has 0 bridgehead atoms. The Morgan fingerprint density at radius 3 is 2.85 bits per heavy atom. The number of benzene rings is 1. The summed E-state index contributed by atoms with van der Waals surface area (Å²) in [6, 6.07) is 9.37. The Labute approximate surface area is 121 Å². The van der Waals surface area contributed by atoms with Gasteiger partial charge in [0.15, 0.2) is 11.5 Å². The van der Waals surface area contributed by atoms with Crippen molar-refractivity contribution < 1.29 is 14.3 Å². The molecule has 0 spiro atoms. The summed E-state index contributed by atoms with van der Waals surface area (Å²) in [4.78, 5) is 15.4. The van der Waals surface area contributed by atoms with Crippen LogP contribution in [0.25, 0.3) is 0 Å². The molecule has 0 aliphatic carbocycles. The number of carbonyl (C=O) groups excluding carboxylic acids is 1. The quantitative estimate of drug-likeness (QED) is 0.870. The fourth-order valence-corrected chi connectivity index (χ4v) is 2.96. The summed E-state index contributed by atoms with van der Waals surface area (Å²) >= 11 is 1.65. The molecule has 1 aromatic heterocycles. The van der Waals surface area contributed by atoms with Crippen LogP contribution in [0.15, 0.2) is 35.7 Å².